The fourth-order valence-corrected chi connectivity index (χ4v) is 6.36. The highest BCUT2D eigenvalue weighted by Gasteiger charge is 2.41. The fourth-order valence-electron chi connectivity index (χ4n) is 6.36. The number of H-pyrrole nitrogens is 1. The van der Waals surface area contributed by atoms with Gasteiger partial charge in [0, 0.05) is 55.3 Å². The van der Waals surface area contributed by atoms with Crippen LogP contribution in [0.5, 0.6) is 5.75 Å². The average molecular weight is 761 g/mol. The summed E-state index contributed by atoms with van der Waals surface area (Å²) in [6.45, 7) is 12.0. The maximum Gasteiger partial charge on any atom is 0.303 e. The van der Waals surface area contributed by atoms with Crippen molar-refractivity contribution in [2.45, 2.75) is 66.5 Å². The molecule has 0 bridgehead atoms. The first-order valence-corrected chi connectivity index (χ1v) is 18.2. The molecular formula is C40H49FN6O8. The smallest absolute Gasteiger partial charge is 0.303 e. The van der Waals surface area contributed by atoms with E-state index in [-0.39, 0.29) is 42.1 Å². The summed E-state index contributed by atoms with van der Waals surface area (Å²) in [5.74, 6) is -5.37. The Hall–Kier alpha value is -5.83. The molecule has 5 amide bonds. The molecule has 14 nitrogen and oxygen atoms in total. The Bertz CT molecular complexity index is 1950. The number of carboxylic acid groups (broad SMARTS) is 1. The number of nitrogens with zero attached hydrogens (tertiary/aromatic N) is 2. The van der Waals surface area contributed by atoms with Crippen LogP contribution in [0.3, 0.4) is 0 Å². The first-order valence-electron chi connectivity index (χ1n) is 18.2. The third-order valence-corrected chi connectivity index (χ3v) is 9.59. The predicted molar refractivity (Wildman–Crippen MR) is 205 cm³/mol. The normalized spacial score (nSPS) is 14.1. The number of hydrogen-bond donors (Lipinski definition) is 5. The minimum atomic E-state index is -1.48. The van der Waals surface area contributed by atoms with Gasteiger partial charge in [-0.3, -0.25) is 28.8 Å². The van der Waals surface area contributed by atoms with Crippen LogP contribution in [0.25, 0.3) is 11.6 Å². The van der Waals surface area contributed by atoms with Gasteiger partial charge in [0.2, 0.25) is 11.8 Å². The molecule has 1 aliphatic rings. The molecule has 0 aliphatic carbocycles. The van der Waals surface area contributed by atoms with Gasteiger partial charge in [0.15, 0.2) is 0 Å². The van der Waals surface area contributed by atoms with Gasteiger partial charge in [0.05, 0.1) is 23.9 Å². The third-order valence-electron chi connectivity index (χ3n) is 9.59. The molecule has 294 valence electrons. The van der Waals surface area contributed by atoms with Gasteiger partial charge in [-0.25, -0.2) is 9.29 Å². The number of aromatic nitrogens is 1. The summed E-state index contributed by atoms with van der Waals surface area (Å²) >= 11 is 0. The third kappa shape index (κ3) is 10.4. The maximum absolute atomic E-state index is 14.7. The number of halogens is 1. The quantitative estimate of drug-likeness (QED) is 0.120. The number of hydrogen-bond acceptors (Lipinski definition) is 8. The summed E-state index contributed by atoms with van der Waals surface area (Å²) in [6.07, 6.45) is 0.330. The lowest BCUT2D eigenvalue weighted by atomic mass is 10.0. The Morgan fingerprint density at radius 2 is 1.73 bits per heavy atom. The number of fused-ring (bicyclic) bond motifs is 1. The van der Waals surface area contributed by atoms with Crippen molar-refractivity contribution in [2.75, 3.05) is 38.2 Å². The highest BCUT2D eigenvalue weighted by molar-refractivity contribution is 6.42. The van der Waals surface area contributed by atoms with Crippen molar-refractivity contribution < 1.29 is 43.0 Å². The van der Waals surface area contributed by atoms with Gasteiger partial charge in [0.25, 0.3) is 17.7 Å². The summed E-state index contributed by atoms with van der Waals surface area (Å²) < 4.78 is 19.8. The van der Waals surface area contributed by atoms with Crippen LogP contribution in [0.1, 0.15) is 78.5 Å². The van der Waals surface area contributed by atoms with Crippen molar-refractivity contribution >= 4 is 52.8 Å². The molecule has 55 heavy (non-hydrogen) atoms. The Kier molecular flexibility index (Phi) is 14.5. The highest BCUT2D eigenvalue weighted by atomic mass is 19.1. The SMILES string of the molecule is CCN(CC)CCNC(=O)c1c(C)[nH]c(/C=C2\C(=O)N(C(=O)[C@H](CCC(=O)O)NC(=O)C(C)CC(=O)NCc3ccc(OC)cc3)c3ccc(F)cc32)c1C. The first kappa shape index (κ1) is 41.9. The van der Waals surface area contributed by atoms with E-state index in [0.29, 0.717) is 41.4 Å². The van der Waals surface area contributed by atoms with Gasteiger partial charge in [-0.05, 0) is 80.9 Å². The molecule has 0 saturated heterocycles. The lowest BCUT2D eigenvalue weighted by Gasteiger charge is -2.24. The molecule has 5 N–H and O–H groups in total. The van der Waals surface area contributed by atoms with Crippen LogP contribution in [-0.4, -0.2) is 89.8 Å². The van der Waals surface area contributed by atoms with E-state index in [1.165, 1.54) is 19.1 Å². The topological polar surface area (TPSA) is 190 Å². The molecule has 0 radical (unpaired) electrons. The number of ether oxygens (including phenoxy) is 1. The maximum atomic E-state index is 14.7. The number of anilines is 1. The standard InChI is InChI=1S/C40H49FN6O8/c1-7-46(8-2)18-17-42-38(52)36-24(4)32(44-25(36)5)21-30-29-20-27(41)11-15-33(29)47(39(30)53)40(54)31(14-16-35(49)50)45-37(51)23(3)19-34(48)43-22-26-9-12-28(55-6)13-10-26/h9-13,15,20-21,23,31,44H,7-8,14,16-19,22H2,1-6H3,(H,42,52)(H,43,48)(H,45,51)(H,49,50)/b30-21-/t23?,31-/m0/s1. The number of carbonyl (C=O) groups excluding carboxylic acids is 5. The van der Waals surface area contributed by atoms with E-state index in [1.54, 1.807) is 45.2 Å². The van der Waals surface area contributed by atoms with E-state index in [9.17, 15) is 38.3 Å². The van der Waals surface area contributed by atoms with Crippen molar-refractivity contribution in [1.29, 1.82) is 0 Å². The highest BCUT2D eigenvalue weighted by Crippen LogP contribution is 2.39. The van der Waals surface area contributed by atoms with Gasteiger partial charge in [0.1, 0.15) is 17.6 Å². The van der Waals surface area contributed by atoms with E-state index < -0.39 is 53.8 Å². The molecular weight excluding hydrogens is 711 g/mol. The Morgan fingerprint density at radius 1 is 1.04 bits per heavy atom. The van der Waals surface area contributed by atoms with Crippen molar-refractivity contribution in [1.82, 2.24) is 25.8 Å². The summed E-state index contributed by atoms with van der Waals surface area (Å²) in [5, 5.41) is 17.7. The molecule has 2 heterocycles. The lowest BCUT2D eigenvalue weighted by Crippen LogP contribution is -2.51. The summed E-state index contributed by atoms with van der Waals surface area (Å²) in [4.78, 5) is 85.1. The largest absolute Gasteiger partial charge is 0.497 e. The number of benzene rings is 2. The van der Waals surface area contributed by atoms with Gasteiger partial charge < -0.3 is 35.7 Å². The van der Waals surface area contributed by atoms with Crippen molar-refractivity contribution in [3.05, 3.63) is 81.9 Å². The second-order valence-corrected chi connectivity index (χ2v) is 13.4. The van der Waals surface area contributed by atoms with E-state index >= 15 is 0 Å². The Balaban J connectivity index is 1.54. The van der Waals surface area contributed by atoms with Gasteiger partial charge in [-0.1, -0.05) is 32.9 Å². The number of carboxylic acids is 1. The number of nitrogens with one attached hydrogen (secondary N) is 4. The second kappa shape index (κ2) is 19.0. The number of likely N-dealkylation sites (N-methyl/N-ethyl adjacent to an activating group) is 1. The zero-order valence-corrected chi connectivity index (χ0v) is 32.0. The monoisotopic (exact) mass is 760 g/mol. The van der Waals surface area contributed by atoms with Crippen molar-refractivity contribution in [2.24, 2.45) is 5.92 Å². The number of aromatic amines is 1. The number of aliphatic carboxylic acids is 1. The van der Waals surface area contributed by atoms with Crippen molar-refractivity contribution in [3.8, 4) is 5.75 Å². The number of imide groups is 1. The van der Waals surface area contributed by atoms with E-state index in [2.05, 4.69) is 25.8 Å². The van der Waals surface area contributed by atoms with Gasteiger partial charge >= 0.3 is 5.97 Å². The summed E-state index contributed by atoms with van der Waals surface area (Å²) in [5.41, 5.74) is 2.77. The van der Waals surface area contributed by atoms with Crippen LogP contribution in [0.2, 0.25) is 0 Å². The molecule has 4 rings (SSSR count). The second-order valence-electron chi connectivity index (χ2n) is 13.4. The lowest BCUT2D eigenvalue weighted by molar-refractivity contribution is -0.138. The molecule has 2 atom stereocenters. The van der Waals surface area contributed by atoms with Crippen molar-refractivity contribution in [3.63, 3.8) is 0 Å². The molecule has 2 aromatic carbocycles. The van der Waals surface area contributed by atoms with Gasteiger partial charge in [-0.15, -0.1) is 0 Å². The molecule has 0 fully saturated rings. The zero-order chi connectivity index (χ0) is 40.4. The molecule has 15 heteroatoms. The minimum Gasteiger partial charge on any atom is -0.497 e. The van der Waals surface area contributed by atoms with Crippen LogP contribution in [-0.2, 0) is 30.5 Å². The van der Waals surface area contributed by atoms with Gasteiger partial charge in [-0.2, -0.15) is 0 Å². The molecule has 3 aromatic rings. The molecule has 1 aliphatic heterocycles. The predicted octanol–water partition coefficient (Wildman–Crippen LogP) is 3.96. The van der Waals surface area contributed by atoms with E-state index in [4.69, 9.17) is 4.74 Å². The summed E-state index contributed by atoms with van der Waals surface area (Å²) in [7, 11) is 1.54. The first-order chi connectivity index (χ1) is 26.2. The molecule has 1 aromatic heterocycles. The average Bonchev–Trinajstić information content (AvgIpc) is 3.59. The van der Waals surface area contributed by atoms with Crippen LogP contribution in [0, 0.1) is 25.6 Å². The number of carbonyl (C=O) groups is 6. The minimum absolute atomic E-state index is 0.0403. The molecule has 0 saturated carbocycles. The van der Waals surface area contributed by atoms with E-state index in [0.717, 1.165) is 35.7 Å². The number of rotatable bonds is 18. The zero-order valence-electron chi connectivity index (χ0n) is 32.0. The summed E-state index contributed by atoms with van der Waals surface area (Å²) in [6, 6.07) is 9.04. The molecule has 1 unspecified atom stereocenters. The Labute approximate surface area is 319 Å². The van der Waals surface area contributed by atoms with E-state index in [1.807, 2.05) is 13.8 Å². The number of aryl methyl sites for hydroxylation is 1. The van der Waals surface area contributed by atoms with Crippen LogP contribution in [0.4, 0.5) is 10.1 Å². The fraction of sp³-hybridized carbons (Fsp3) is 0.400. The number of amides is 5. The van der Waals surface area contributed by atoms with Crippen LogP contribution in [0.15, 0.2) is 42.5 Å². The number of methoxy groups -OCH3 is 1. The Morgan fingerprint density at radius 3 is 2.36 bits per heavy atom. The van der Waals surface area contributed by atoms with Crippen LogP contribution >= 0.6 is 0 Å². The molecule has 0 spiro atoms. The van der Waals surface area contributed by atoms with Crippen LogP contribution < -0.4 is 25.6 Å².